The summed E-state index contributed by atoms with van der Waals surface area (Å²) >= 11 is 0. The first-order valence-corrected chi connectivity index (χ1v) is 4.71. The summed E-state index contributed by atoms with van der Waals surface area (Å²) in [7, 11) is 1.41. The normalized spacial score (nSPS) is 11.2. The molecule has 0 aliphatic rings. The molecule has 88 valence electrons. The summed E-state index contributed by atoms with van der Waals surface area (Å²) in [5, 5.41) is 14.1. The highest BCUT2D eigenvalue weighted by atomic mass is 19.1. The van der Waals surface area contributed by atoms with Gasteiger partial charge in [0.1, 0.15) is 5.84 Å². The minimum absolute atomic E-state index is 0.126. The molecule has 0 radical (unpaired) electrons. The van der Waals surface area contributed by atoms with E-state index in [1.807, 2.05) is 0 Å². The largest absolute Gasteiger partial charge is 0.494 e. The Balaban J connectivity index is 2.52. The third-order valence-electron chi connectivity index (χ3n) is 1.99. The van der Waals surface area contributed by atoms with E-state index in [2.05, 4.69) is 10.5 Å². The van der Waals surface area contributed by atoms with Crippen molar-refractivity contribution in [2.24, 2.45) is 10.9 Å². The zero-order valence-corrected chi connectivity index (χ0v) is 8.90. The zero-order chi connectivity index (χ0) is 12.0. The predicted molar refractivity (Wildman–Crippen MR) is 59.5 cm³/mol. The number of halogens is 1. The van der Waals surface area contributed by atoms with Crippen LogP contribution in [0.3, 0.4) is 0 Å². The van der Waals surface area contributed by atoms with Crippen LogP contribution in [0.15, 0.2) is 23.4 Å². The Labute approximate surface area is 92.7 Å². The van der Waals surface area contributed by atoms with Gasteiger partial charge in [0, 0.05) is 24.7 Å². The summed E-state index contributed by atoms with van der Waals surface area (Å²) < 4.78 is 18.0. The second-order valence-corrected chi connectivity index (χ2v) is 3.12. The fraction of sp³-hybridized carbons (Fsp3) is 0.300. The Morgan fingerprint density at radius 3 is 2.94 bits per heavy atom. The maximum Gasteiger partial charge on any atom is 0.167 e. The van der Waals surface area contributed by atoms with Crippen molar-refractivity contribution in [3.8, 4) is 5.75 Å². The molecule has 4 N–H and O–H groups in total. The van der Waals surface area contributed by atoms with E-state index in [-0.39, 0.29) is 11.6 Å². The maximum atomic E-state index is 13.2. The molecule has 0 fully saturated rings. The van der Waals surface area contributed by atoms with Gasteiger partial charge < -0.3 is 21.0 Å². The number of amidine groups is 1. The number of nitrogens with zero attached hydrogens (tertiary/aromatic N) is 1. The van der Waals surface area contributed by atoms with Crippen LogP contribution < -0.4 is 15.8 Å². The van der Waals surface area contributed by atoms with Crippen LogP contribution in [0.4, 0.5) is 10.1 Å². The van der Waals surface area contributed by atoms with Crippen molar-refractivity contribution < 1.29 is 14.3 Å². The van der Waals surface area contributed by atoms with Gasteiger partial charge >= 0.3 is 0 Å². The summed E-state index contributed by atoms with van der Waals surface area (Å²) in [6.07, 6.45) is 0.379. The van der Waals surface area contributed by atoms with E-state index in [9.17, 15) is 4.39 Å². The molecule has 16 heavy (non-hydrogen) atoms. The first kappa shape index (κ1) is 12.1. The van der Waals surface area contributed by atoms with Gasteiger partial charge in [-0.25, -0.2) is 4.39 Å². The molecule has 6 heteroatoms. The molecule has 1 aromatic carbocycles. The average Bonchev–Trinajstić information content (AvgIpc) is 2.29. The highest BCUT2D eigenvalue weighted by Gasteiger charge is 2.02. The van der Waals surface area contributed by atoms with Gasteiger partial charge in [-0.3, -0.25) is 0 Å². The van der Waals surface area contributed by atoms with E-state index < -0.39 is 5.82 Å². The quantitative estimate of drug-likeness (QED) is 0.307. The molecule has 1 rings (SSSR count). The van der Waals surface area contributed by atoms with Crippen LogP contribution in [0.25, 0.3) is 0 Å². The number of hydrogen-bond donors (Lipinski definition) is 3. The Bertz CT molecular complexity index is 382. The highest BCUT2D eigenvalue weighted by Crippen LogP contribution is 2.20. The molecule has 5 nitrogen and oxygen atoms in total. The van der Waals surface area contributed by atoms with Gasteiger partial charge in [0.05, 0.1) is 7.11 Å². The molecule has 0 aromatic heterocycles. The maximum absolute atomic E-state index is 13.2. The minimum atomic E-state index is -0.434. The van der Waals surface area contributed by atoms with Crippen molar-refractivity contribution in [3.63, 3.8) is 0 Å². The van der Waals surface area contributed by atoms with Gasteiger partial charge in [-0.15, -0.1) is 0 Å². The Morgan fingerprint density at radius 2 is 2.38 bits per heavy atom. The van der Waals surface area contributed by atoms with E-state index in [0.717, 1.165) is 0 Å². The molecule has 0 amide bonds. The van der Waals surface area contributed by atoms with Crippen LogP contribution in [0.2, 0.25) is 0 Å². The lowest BCUT2D eigenvalue weighted by Crippen LogP contribution is -2.16. The van der Waals surface area contributed by atoms with Gasteiger partial charge in [0.15, 0.2) is 11.6 Å². The Hall–Kier alpha value is -1.98. The van der Waals surface area contributed by atoms with Crippen molar-refractivity contribution in [2.45, 2.75) is 6.42 Å². The van der Waals surface area contributed by atoms with Gasteiger partial charge in [-0.1, -0.05) is 5.16 Å². The molecule has 0 aliphatic heterocycles. The number of nitrogens with two attached hydrogens (primary N) is 1. The molecule has 0 spiro atoms. The van der Waals surface area contributed by atoms with Gasteiger partial charge in [-0.2, -0.15) is 0 Å². The smallest absolute Gasteiger partial charge is 0.167 e. The second-order valence-electron chi connectivity index (χ2n) is 3.12. The van der Waals surface area contributed by atoms with E-state index in [1.165, 1.54) is 19.2 Å². The van der Waals surface area contributed by atoms with E-state index in [0.29, 0.717) is 18.7 Å². The standard InChI is InChI=1S/C10H14FN3O2/c1-16-9-3-2-7(6-8(9)11)13-5-4-10(12)14-15/h2-3,6,13,15H,4-5H2,1H3,(H2,12,14). The zero-order valence-electron chi connectivity index (χ0n) is 8.90. The minimum Gasteiger partial charge on any atom is -0.494 e. The van der Waals surface area contributed by atoms with Crippen molar-refractivity contribution >= 4 is 11.5 Å². The van der Waals surface area contributed by atoms with Gasteiger partial charge in [0.25, 0.3) is 0 Å². The van der Waals surface area contributed by atoms with Gasteiger partial charge in [-0.05, 0) is 12.1 Å². The number of ether oxygens (including phenoxy) is 1. The Morgan fingerprint density at radius 1 is 1.62 bits per heavy atom. The first-order chi connectivity index (χ1) is 7.67. The van der Waals surface area contributed by atoms with Crippen LogP contribution in [0, 0.1) is 5.82 Å². The fourth-order valence-electron chi connectivity index (χ4n) is 1.16. The monoisotopic (exact) mass is 227 g/mol. The highest BCUT2D eigenvalue weighted by molar-refractivity contribution is 5.80. The number of methoxy groups -OCH3 is 1. The molecular formula is C10H14FN3O2. The topological polar surface area (TPSA) is 79.9 Å². The molecule has 0 heterocycles. The molecule has 0 atom stereocenters. The van der Waals surface area contributed by atoms with Crippen LogP contribution >= 0.6 is 0 Å². The predicted octanol–water partition coefficient (Wildman–Crippen LogP) is 1.38. The van der Waals surface area contributed by atoms with Gasteiger partial charge in [0.2, 0.25) is 0 Å². The Kier molecular flexibility index (Phi) is 4.38. The molecule has 0 saturated heterocycles. The fourth-order valence-corrected chi connectivity index (χ4v) is 1.16. The first-order valence-electron chi connectivity index (χ1n) is 4.71. The number of rotatable bonds is 5. The van der Waals surface area contributed by atoms with E-state index in [1.54, 1.807) is 6.07 Å². The lowest BCUT2D eigenvalue weighted by atomic mass is 10.3. The summed E-state index contributed by atoms with van der Waals surface area (Å²) in [5.74, 6) is -0.111. The summed E-state index contributed by atoms with van der Waals surface area (Å²) in [6, 6.07) is 4.54. The van der Waals surface area contributed by atoms with Crippen molar-refractivity contribution in [3.05, 3.63) is 24.0 Å². The third-order valence-corrected chi connectivity index (χ3v) is 1.99. The molecular weight excluding hydrogens is 213 g/mol. The summed E-state index contributed by atoms with van der Waals surface area (Å²) in [4.78, 5) is 0. The number of hydrogen-bond acceptors (Lipinski definition) is 4. The van der Waals surface area contributed by atoms with Crippen LogP contribution in [-0.2, 0) is 0 Å². The number of oxime groups is 1. The SMILES string of the molecule is COc1ccc(NCCC(N)=NO)cc1F. The lowest BCUT2D eigenvalue weighted by molar-refractivity contribution is 0.317. The van der Waals surface area contributed by atoms with Crippen molar-refractivity contribution in [2.75, 3.05) is 19.0 Å². The van der Waals surface area contributed by atoms with Crippen molar-refractivity contribution in [1.82, 2.24) is 0 Å². The summed E-state index contributed by atoms with van der Waals surface area (Å²) in [5.41, 5.74) is 5.89. The second kappa shape index (κ2) is 5.79. The molecule has 0 aliphatic carbocycles. The van der Waals surface area contributed by atoms with Crippen LogP contribution in [0.1, 0.15) is 6.42 Å². The molecule has 0 saturated carbocycles. The average molecular weight is 227 g/mol. The number of benzene rings is 1. The molecule has 0 bridgehead atoms. The summed E-state index contributed by atoms with van der Waals surface area (Å²) in [6.45, 7) is 0.460. The number of nitrogens with one attached hydrogen (secondary N) is 1. The molecule has 0 unspecified atom stereocenters. The number of anilines is 1. The van der Waals surface area contributed by atoms with E-state index in [4.69, 9.17) is 15.7 Å². The van der Waals surface area contributed by atoms with Crippen molar-refractivity contribution in [1.29, 1.82) is 0 Å². The van der Waals surface area contributed by atoms with E-state index >= 15 is 0 Å². The lowest BCUT2D eigenvalue weighted by Gasteiger charge is -2.07. The van der Waals surface area contributed by atoms with Crippen LogP contribution in [-0.4, -0.2) is 24.7 Å². The molecule has 1 aromatic rings. The van der Waals surface area contributed by atoms with Crippen LogP contribution in [0.5, 0.6) is 5.75 Å². The third kappa shape index (κ3) is 3.30.